The number of rotatable bonds is 2. The molecule has 1 spiro atoms. The van der Waals surface area contributed by atoms with E-state index in [1.807, 2.05) is 25.1 Å². The van der Waals surface area contributed by atoms with Gasteiger partial charge in [-0.3, -0.25) is 14.6 Å². The summed E-state index contributed by atoms with van der Waals surface area (Å²) in [6.07, 6.45) is 6.91. The van der Waals surface area contributed by atoms with Crippen LogP contribution >= 0.6 is 11.6 Å². The molecule has 2 aromatic rings. The lowest BCUT2D eigenvalue weighted by Gasteiger charge is -2.53. The highest BCUT2D eigenvalue weighted by Gasteiger charge is 2.50. The number of aryl methyl sites for hydroxylation is 1. The number of carbonyl (C=O) groups excluding carboxylic acids is 1. The van der Waals surface area contributed by atoms with Gasteiger partial charge < -0.3 is 19.5 Å². The zero-order valence-corrected chi connectivity index (χ0v) is 32.3. The number of sulfonamides is 1. The highest BCUT2D eigenvalue weighted by Crippen LogP contribution is 2.49. The minimum Gasteiger partial charge on any atom is -0.490 e. The van der Waals surface area contributed by atoms with Crippen molar-refractivity contribution in [3.8, 4) is 5.75 Å². The minimum absolute atomic E-state index is 0.102. The van der Waals surface area contributed by atoms with Gasteiger partial charge in [-0.1, -0.05) is 31.0 Å². The second-order valence-electron chi connectivity index (χ2n) is 16.9. The standard InChI is InChI=1S/C40H55ClN4O6S/c1-27-5-3-14-40(47,25-43-15-16-44-17-18-50-23-33(44)22-43)35-10-7-31(35)21-45-24-39(13-4-6-29-19-32(41)9-11-34(29)39)26-51-37-12-8-30(20-36(37)45)38(46)42-52(48,49)28(27)2/h8-9,11-12,19-20,27-28,31,33,35,47H,3-7,10,13-18,21-26H2,1-2H3,(H,42,46)/t27-,28+,31-,33+,35+,39-,40?/m0/s1. The van der Waals surface area contributed by atoms with Crippen LogP contribution < -0.4 is 14.4 Å². The monoisotopic (exact) mass is 754 g/mol. The van der Waals surface area contributed by atoms with Crippen molar-refractivity contribution >= 4 is 33.2 Å². The maximum atomic E-state index is 13.6. The number of hydrogen-bond donors (Lipinski definition) is 2. The Balaban J connectivity index is 1.16. The van der Waals surface area contributed by atoms with E-state index < -0.39 is 26.8 Å². The first-order valence-corrected chi connectivity index (χ1v) is 21.5. The van der Waals surface area contributed by atoms with Crippen molar-refractivity contribution in [2.45, 2.75) is 87.5 Å². The molecule has 4 heterocycles. The Morgan fingerprint density at radius 2 is 1.88 bits per heavy atom. The van der Waals surface area contributed by atoms with Crippen LogP contribution in [0.1, 0.15) is 80.3 Å². The first-order chi connectivity index (χ1) is 24.9. The number of carbonyl (C=O) groups is 1. The Bertz CT molecular complexity index is 1780. The Morgan fingerprint density at radius 3 is 2.71 bits per heavy atom. The van der Waals surface area contributed by atoms with Crippen LogP contribution in [0.3, 0.4) is 0 Å². The molecule has 7 atom stereocenters. The molecule has 1 saturated carbocycles. The first-order valence-electron chi connectivity index (χ1n) is 19.6. The third-order valence-electron chi connectivity index (χ3n) is 13.7. The van der Waals surface area contributed by atoms with E-state index in [2.05, 4.69) is 31.6 Å². The summed E-state index contributed by atoms with van der Waals surface area (Å²) in [5, 5.41) is 12.9. The third kappa shape index (κ3) is 6.99. The van der Waals surface area contributed by atoms with Crippen LogP contribution in [0.5, 0.6) is 5.75 Å². The van der Waals surface area contributed by atoms with E-state index in [4.69, 9.17) is 21.1 Å². The first kappa shape index (κ1) is 36.6. The van der Waals surface area contributed by atoms with Crippen molar-refractivity contribution in [1.82, 2.24) is 14.5 Å². The van der Waals surface area contributed by atoms with E-state index >= 15 is 0 Å². The van der Waals surface area contributed by atoms with Gasteiger partial charge in [-0.2, -0.15) is 0 Å². The molecule has 2 N–H and O–H groups in total. The highest BCUT2D eigenvalue weighted by atomic mass is 35.5. The average molecular weight is 755 g/mol. The lowest BCUT2D eigenvalue weighted by Crippen LogP contribution is -2.62. The number of β-amino-alcohol motifs (C(OH)–C–C–N with tert-alkyl or cyclic N) is 1. The average Bonchev–Trinajstić information content (AvgIpc) is 3.25. The summed E-state index contributed by atoms with van der Waals surface area (Å²) in [4.78, 5) is 21.0. The van der Waals surface area contributed by atoms with Gasteiger partial charge in [-0.15, -0.1) is 0 Å². The second-order valence-corrected chi connectivity index (χ2v) is 19.4. The summed E-state index contributed by atoms with van der Waals surface area (Å²) in [6.45, 7) is 11.4. The number of fused-ring (bicyclic) bond motifs is 5. The molecule has 0 radical (unpaired) electrons. The van der Waals surface area contributed by atoms with Crippen molar-refractivity contribution in [2.75, 3.05) is 70.5 Å². The van der Waals surface area contributed by atoms with Gasteiger partial charge in [0.1, 0.15) is 5.75 Å². The molecule has 0 aromatic heterocycles. The topological polar surface area (TPSA) is 112 Å². The summed E-state index contributed by atoms with van der Waals surface area (Å²) in [5.74, 6) is 0.236. The van der Waals surface area contributed by atoms with Crippen LogP contribution in [0, 0.1) is 17.8 Å². The minimum atomic E-state index is -3.95. The van der Waals surface area contributed by atoms with Crippen LogP contribution in [0.25, 0.3) is 0 Å². The molecule has 10 nitrogen and oxygen atoms in total. The summed E-state index contributed by atoms with van der Waals surface area (Å²) < 4.78 is 42.1. The van der Waals surface area contributed by atoms with Gasteiger partial charge in [-0.05, 0) is 111 Å². The maximum absolute atomic E-state index is 13.6. The number of amides is 1. The van der Waals surface area contributed by atoms with Gasteiger partial charge in [0.15, 0.2) is 0 Å². The summed E-state index contributed by atoms with van der Waals surface area (Å²) in [6, 6.07) is 11.9. The van der Waals surface area contributed by atoms with Gasteiger partial charge in [0.25, 0.3) is 5.91 Å². The molecule has 1 unspecified atom stereocenters. The van der Waals surface area contributed by atoms with Crippen LogP contribution in [-0.2, 0) is 26.6 Å². The molecule has 2 aliphatic carbocycles. The number of anilines is 1. The van der Waals surface area contributed by atoms with Crippen LogP contribution in [-0.4, -0.2) is 112 Å². The molecule has 52 heavy (non-hydrogen) atoms. The summed E-state index contributed by atoms with van der Waals surface area (Å²) in [7, 11) is -3.95. The van der Waals surface area contributed by atoms with E-state index in [0.717, 1.165) is 88.8 Å². The number of halogens is 1. The SMILES string of the molecule is C[C@@H]1[C@@H](C)CCCC(O)(CN2CCN3CCOC[C@H]3C2)[C@@H]2CC[C@H]2CN2C[C@@]3(CCCc4cc(Cl)ccc43)COc3ccc(cc32)C(=O)NS1(=O)=O. The van der Waals surface area contributed by atoms with E-state index in [9.17, 15) is 18.3 Å². The Hall–Kier alpha value is -2.41. The fourth-order valence-electron chi connectivity index (χ4n) is 10.3. The lowest BCUT2D eigenvalue weighted by atomic mass is 9.62. The molecule has 12 heteroatoms. The number of piperazine rings is 1. The molecule has 8 rings (SSSR count). The van der Waals surface area contributed by atoms with E-state index in [0.29, 0.717) is 56.3 Å². The maximum Gasteiger partial charge on any atom is 0.264 e. The molecule has 4 aliphatic heterocycles. The van der Waals surface area contributed by atoms with Crippen molar-refractivity contribution in [2.24, 2.45) is 17.8 Å². The van der Waals surface area contributed by atoms with Gasteiger partial charge in [-0.25, -0.2) is 13.1 Å². The number of morpholine rings is 1. The van der Waals surface area contributed by atoms with Crippen molar-refractivity contribution in [3.05, 3.63) is 58.1 Å². The molecule has 2 saturated heterocycles. The molecule has 2 aromatic carbocycles. The predicted octanol–water partition coefficient (Wildman–Crippen LogP) is 4.85. The van der Waals surface area contributed by atoms with Crippen molar-refractivity contribution in [1.29, 1.82) is 0 Å². The van der Waals surface area contributed by atoms with Crippen molar-refractivity contribution in [3.63, 3.8) is 0 Å². The quantitative estimate of drug-likeness (QED) is 0.445. The summed E-state index contributed by atoms with van der Waals surface area (Å²) in [5.41, 5.74) is 2.43. The molecule has 3 fully saturated rings. The van der Waals surface area contributed by atoms with E-state index in [1.165, 1.54) is 11.1 Å². The Labute approximate surface area is 314 Å². The number of aliphatic hydroxyl groups is 1. The molecule has 1 amide bonds. The smallest absolute Gasteiger partial charge is 0.264 e. The van der Waals surface area contributed by atoms with Gasteiger partial charge in [0, 0.05) is 67.9 Å². The number of benzene rings is 2. The van der Waals surface area contributed by atoms with E-state index in [1.54, 1.807) is 13.0 Å². The number of hydrogen-bond acceptors (Lipinski definition) is 9. The molecule has 2 bridgehead atoms. The largest absolute Gasteiger partial charge is 0.490 e. The second kappa shape index (κ2) is 14.3. The molecule has 6 aliphatic rings. The summed E-state index contributed by atoms with van der Waals surface area (Å²) >= 11 is 6.49. The Morgan fingerprint density at radius 1 is 1.02 bits per heavy atom. The highest BCUT2D eigenvalue weighted by molar-refractivity contribution is 7.90. The van der Waals surface area contributed by atoms with Gasteiger partial charge >= 0.3 is 0 Å². The fraction of sp³-hybridized carbons (Fsp3) is 0.675. The fourth-order valence-corrected chi connectivity index (χ4v) is 11.8. The van der Waals surface area contributed by atoms with Crippen LogP contribution in [0.2, 0.25) is 5.02 Å². The predicted molar refractivity (Wildman–Crippen MR) is 203 cm³/mol. The number of nitrogens with zero attached hydrogens (tertiary/aromatic N) is 3. The third-order valence-corrected chi connectivity index (χ3v) is 15.8. The number of nitrogens with one attached hydrogen (secondary N) is 1. The molecular formula is C40H55ClN4O6S. The molecular weight excluding hydrogens is 700 g/mol. The normalized spacial score (nSPS) is 35.6. The zero-order valence-electron chi connectivity index (χ0n) is 30.7. The van der Waals surface area contributed by atoms with Crippen LogP contribution in [0.15, 0.2) is 36.4 Å². The van der Waals surface area contributed by atoms with E-state index in [-0.39, 0.29) is 23.2 Å². The zero-order chi connectivity index (χ0) is 36.3. The number of ether oxygens (including phenoxy) is 2. The lowest BCUT2D eigenvalue weighted by molar-refractivity contribution is -0.120. The van der Waals surface area contributed by atoms with Crippen molar-refractivity contribution < 1.29 is 27.8 Å². The Kier molecular flexibility index (Phi) is 10.1. The van der Waals surface area contributed by atoms with Gasteiger partial charge in [0.2, 0.25) is 10.0 Å². The van der Waals surface area contributed by atoms with Crippen LogP contribution in [0.4, 0.5) is 5.69 Å². The van der Waals surface area contributed by atoms with Gasteiger partial charge in [0.05, 0.1) is 36.4 Å². The molecule has 284 valence electrons.